The summed E-state index contributed by atoms with van der Waals surface area (Å²) in [4.78, 5) is 24.4. The number of hydrogen-bond donors (Lipinski definition) is 2. The van der Waals surface area contributed by atoms with Crippen LogP contribution in [0.15, 0.2) is 52.9 Å². The number of aryl methyl sites for hydroxylation is 1. The maximum Gasteiger partial charge on any atom is 0.305 e. The summed E-state index contributed by atoms with van der Waals surface area (Å²) in [5.74, 6) is 0.203. The van der Waals surface area contributed by atoms with Gasteiger partial charge < -0.3 is 9.15 Å². The van der Waals surface area contributed by atoms with E-state index in [-0.39, 0.29) is 12.4 Å². The van der Waals surface area contributed by atoms with Gasteiger partial charge in [0.05, 0.1) is 0 Å². The van der Waals surface area contributed by atoms with Crippen LogP contribution in [0.25, 0.3) is 11.0 Å². The van der Waals surface area contributed by atoms with Gasteiger partial charge >= 0.3 is 5.91 Å². The largest absolute Gasteiger partial charge is 0.483 e. The number of carbonyl (C=O) groups is 2. The van der Waals surface area contributed by atoms with E-state index in [2.05, 4.69) is 24.7 Å². The van der Waals surface area contributed by atoms with Crippen molar-refractivity contribution in [1.82, 2.24) is 10.9 Å². The number of rotatable bonds is 6. The Morgan fingerprint density at radius 2 is 1.79 bits per heavy atom. The number of para-hydroxylation sites is 2. The molecular formula is C22H24N2O4. The van der Waals surface area contributed by atoms with Crippen molar-refractivity contribution in [3.8, 4) is 5.75 Å². The third-order valence-corrected chi connectivity index (χ3v) is 4.79. The number of ether oxygens (including phenoxy) is 1. The average molecular weight is 380 g/mol. The smallest absolute Gasteiger partial charge is 0.305 e. The maximum atomic E-state index is 12.3. The molecule has 28 heavy (non-hydrogen) atoms. The van der Waals surface area contributed by atoms with Crippen molar-refractivity contribution in [2.75, 3.05) is 6.61 Å². The molecule has 0 fully saturated rings. The fourth-order valence-electron chi connectivity index (χ4n) is 2.99. The van der Waals surface area contributed by atoms with Crippen LogP contribution >= 0.6 is 0 Å². The molecule has 2 N–H and O–H groups in total. The molecule has 6 heteroatoms. The first-order valence-corrected chi connectivity index (χ1v) is 9.30. The monoisotopic (exact) mass is 380 g/mol. The molecule has 0 spiro atoms. The second-order valence-corrected chi connectivity index (χ2v) is 6.69. The van der Waals surface area contributed by atoms with Crippen LogP contribution in [-0.2, 0) is 4.79 Å². The van der Waals surface area contributed by atoms with Gasteiger partial charge in [-0.3, -0.25) is 20.4 Å². The Labute approximate surface area is 163 Å². The van der Waals surface area contributed by atoms with Crippen LogP contribution in [0.5, 0.6) is 5.75 Å². The SMILES string of the molecule is CCC(C)c1ccccc1OCC(=O)NNC(=O)c1oc2ccccc2c1C. The lowest BCUT2D eigenvalue weighted by Crippen LogP contribution is -2.43. The lowest BCUT2D eigenvalue weighted by molar-refractivity contribution is -0.123. The summed E-state index contributed by atoms with van der Waals surface area (Å²) in [6.07, 6.45) is 0.972. The standard InChI is InChI=1S/C22H24N2O4/c1-4-14(2)16-9-5-7-11-18(16)27-13-20(25)23-24-22(26)21-15(3)17-10-6-8-12-19(17)28-21/h5-12,14H,4,13H2,1-3H3,(H,23,25)(H,24,26). The highest BCUT2D eigenvalue weighted by Gasteiger charge is 2.18. The van der Waals surface area contributed by atoms with E-state index >= 15 is 0 Å². The second kappa shape index (κ2) is 8.61. The zero-order chi connectivity index (χ0) is 20.1. The highest BCUT2D eigenvalue weighted by molar-refractivity contribution is 5.99. The molecule has 6 nitrogen and oxygen atoms in total. The zero-order valence-electron chi connectivity index (χ0n) is 16.2. The van der Waals surface area contributed by atoms with Crippen molar-refractivity contribution in [1.29, 1.82) is 0 Å². The van der Waals surface area contributed by atoms with E-state index in [1.807, 2.05) is 42.5 Å². The summed E-state index contributed by atoms with van der Waals surface area (Å²) in [5, 5.41) is 0.865. The van der Waals surface area contributed by atoms with Crippen LogP contribution in [0.4, 0.5) is 0 Å². The first-order valence-electron chi connectivity index (χ1n) is 9.30. The van der Waals surface area contributed by atoms with E-state index in [4.69, 9.17) is 9.15 Å². The molecule has 0 saturated carbocycles. The van der Waals surface area contributed by atoms with Crippen LogP contribution in [-0.4, -0.2) is 18.4 Å². The predicted molar refractivity (Wildman–Crippen MR) is 107 cm³/mol. The van der Waals surface area contributed by atoms with Crippen LogP contribution < -0.4 is 15.6 Å². The number of hydrogen-bond acceptors (Lipinski definition) is 4. The van der Waals surface area contributed by atoms with E-state index < -0.39 is 11.8 Å². The molecule has 0 aliphatic carbocycles. The first-order chi connectivity index (χ1) is 13.5. The van der Waals surface area contributed by atoms with Crippen molar-refractivity contribution in [3.05, 3.63) is 65.4 Å². The second-order valence-electron chi connectivity index (χ2n) is 6.69. The Hall–Kier alpha value is -3.28. The minimum atomic E-state index is -0.512. The van der Waals surface area contributed by atoms with E-state index in [9.17, 15) is 9.59 Å². The Morgan fingerprint density at radius 3 is 2.54 bits per heavy atom. The molecule has 0 radical (unpaired) electrons. The first kappa shape index (κ1) is 19.5. The highest BCUT2D eigenvalue weighted by Crippen LogP contribution is 2.28. The summed E-state index contributed by atoms with van der Waals surface area (Å²) in [5.41, 5.74) is 7.14. The van der Waals surface area contributed by atoms with Gasteiger partial charge in [-0.25, -0.2) is 0 Å². The van der Waals surface area contributed by atoms with Gasteiger partial charge in [-0.05, 0) is 37.0 Å². The van der Waals surface area contributed by atoms with Gasteiger partial charge in [0, 0.05) is 10.9 Å². The van der Waals surface area contributed by atoms with Gasteiger partial charge in [-0.15, -0.1) is 0 Å². The number of furan rings is 1. The maximum absolute atomic E-state index is 12.3. The summed E-state index contributed by atoms with van der Waals surface area (Å²) < 4.78 is 11.2. The lowest BCUT2D eigenvalue weighted by Gasteiger charge is -2.15. The fourth-order valence-corrected chi connectivity index (χ4v) is 2.99. The Kier molecular flexibility index (Phi) is 5.99. The fraction of sp³-hybridized carbons (Fsp3) is 0.273. The van der Waals surface area contributed by atoms with Crippen molar-refractivity contribution >= 4 is 22.8 Å². The van der Waals surface area contributed by atoms with Crippen molar-refractivity contribution in [2.24, 2.45) is 0 Å². The van der Waals surface area contributed by atoms with E-state index in [1.54, 1.807) is 13.0 Å². The molecule has 146 valence electrons. The number of hydrazine groups is 1. The summed E-state index contributed by atoms with van der Waals surface area (Å²) in [6.45, 7) is 5.81. The van der Waals surface area contributed by atoms with Crippen molar-refractivity contribution < 1.29 is 18.7 Å². The third kappa shape index (κ3) is 4.17. The van der Waals surface area contributed by atoms with Crippen LogP contribution in [0, 0.1) is 6.92 Å². The quantitative estimate of drug-likeness (QED) is 0.631. The van der Waals surface area contributed by atoms with Crippen LogP contribution in [0.1, 0.15) is 47.9 Å². The van der Waals surface area contributed by atoms with Gasteiger partial charge in [-0.1, -0.05) is 50.2 Å². The van der Waals surface area contributed by atoms with Crippen molar-refractivity contribution in [3.63, 3.8) is 0 Å². The predicted octanol–water partition coefficient (Wildman–Crippen LogP) is 4.09. The molecular weight excluding hydrogens is 356 g/mol. The number of benzene rings is 2. The van der Waals surface area contributed by atoms with Crippen LogP contribution in [0.2, 0.25) is 0 Å². The third-order valence-electron chi connectivity index (χ3n) is 4.79. The molecule has 1 aromatic heterocycles. The van der Waals surface area contributed by atoms with E-state index in [1.165, 1.54) is 0 Å². The summed E-state index contributed by atoms with van der Waals surface area (Å²) >= 11 is 0. The minimum Gasteiger partial charge on any atom is -0.483 e. The van der Waals surface area contributed by atoms with Gasteiger partial charge in [-0.2, -0.15) is 0 Å². The number of carbonyl (C=O) groups excluding carboxylic acids is 2. The number of amides is 2. The van der Waals surface area contributed by atoms with Gasteiger partial charge in [0.25, 0.3) is 5.91 Å². The van der Waals surface area contributed by atoms with Crippen molar-refractivity contribution in [2.45, 2.75) is 33.1 Å². The Bertz CT molecular complexity index is 993. The van der Waals surface area contributed by atoms with Crippen LogP contribution in [0.3, 0.4) is 0 Å². The van der Waals surface area contributed by atoms with Gasteiger partial charge in [0.15, 0.2) is 12.4 Å². The molecule has 1 unspecified atom stereocenters. The average Bonchev–Trinajstić information content (AvgIpc) is 3.07. The van der Waals surface area contributed by atoms with Gasteiger partial charge in [0.1, 0.15) is 11.3 Å². The molecule has 3 rings (SSSR count). The molecule has 0 bridgehead atoms. The molecule has 2 aromatic carbocycles. The minimum absolute atomic E-state index is 0.171. The number of nitrogens with one attached hydrogen (secondary N) is 2. The molecule has 2 amide bonds. The summed E-state index contributed by atoms with van der Waals surface area (Å²) in [7, 11) is 0. The van der Waals surface area contributed by atoms with E-state index in [0.717, 1.165) is 22.9 Å². The lowest BCUT2D eigenvalue weighted by atomic mass is 9.98. The number of fused-ring (bicyclic) bond motifs is 1. The Balaban J connectivity index is 1.57. The molecule has 0 aliphatic heterocycles. The highest BCUT2D eigenvalue weighted by atomic mass is 16.5. The molecule has 0 saturated heterocycles. The molecule has 1 heterocycles. The molecule has 1 atom stereocenters. The van der Waals surface area contributed by atoms with Gasteiger partial charge in [0.2, 0.25) is 0 Å². The normalized spacial score (nSPS) is 11.8. The molecule has 3 aromatic rings. The zero-order valence-corrected chi connectivity index (χ0v) is 16.2. The molecule has 0 aliphatic rings. The topological polar surface area (TPSA) is 80.6 Å². The Morgan fingerprint density at radius 1 is 1.07 bits per heavy atom. The van der Waals surface area contributed by atoms with E-state index in [0.29, 0.717) is 17.3 Å². The summed E-state index contributed by atoms with van der Waals surface area (Å²) in [6, 6.07) is 15.0.